The molecule has 6 nitrogen and oxygen atoms in total. The number of carbonyl (C=O) groups excluding carboxylic acids is 1. The van der Waals surface area contributed by atoms with Crippen molar-refractivity contribution in [1.82, 2.24) is 9.21 Å². The summed E-state index contributed by atoms with van der Waals surface area (Å²) in [6.45, 7) is 6.88. The van der Waals surface area contributed by atoms with Gasteiger partial charge in [0.1, 0.15) is 5.75 Å². The van der Waals surface area contributed by atoms with E-state index in [1.54, 1.807) is 12.1 Å². The molecule has 2 aliphatic rings. The third kappa shape index (κ3) is 5.58. The van der Waals surface area contributed by atoms with E-state index >= 15 is 0 Å². The third-order valence-corrected chi connectivity index (χ3v) is 8.97. The fourth-order valence-corrected chi connectivity index (χ4v) is 6.23. The molecule has 0 N–H and O–H groups in total. The first-order chi connectivity index (χ1) is 15.8. The molecule has 0 unspecified atom stereocenters. The van der Waals surface area contributed by atoms with Gasteiger partial charge in [-0.1, -0.05) is 24.3 Å². The summed E-state index contributed by atoms with van der Waals surface area (Å²) < 4.78 is 33.5. The first kappa shape index (κ1) is 23.8. The van der Waals surface area contributed by atoms with E-state index in [0.29, 0.717) is 43.4 Å². The lowest BCUT2D eigenvalue weighted by atomic mass is 9.93. The summed E-state index contributed by atoms with van der Waals surface area (Å²) in [7, 11) is -3.52. The Hall–Kier alpha value is -2.38. The highest BCUT2D eigenvalue weighted by molar-refractivity contribution is 7.89. The molecule has 0 aliphatic carbocycles. The van der Waals surface area contributed by atoms with Gasteiger partial charge in [0.25, 0.3) is 0 Å². The van der Waals surface area contributed by atoms with Gasteiger partial charge >= 0.3 is 0 Å². The molecule has 2 fully saturated rings. The number of para-hydroxylation sites is 1. The summed E-state index contributed by atoms with van der Waals surface area (Å²) in [4.78, 5) is 15.4. The quantitative estimate of drug-likeness (QED) is 0.640. The monoisotopic (exact) mass is 470 g/mol. The number of hydrogen-bond donors (Lipinski definition) is 0. The number of ether oxygens (including phenoxy) is 1. The van der Waals surface area contributed by atoms with Crippen LogP contribution in [0.2, 0.25) is 0 Å². The van der Waals surface area contributed by atoms with Crippen LogP contribution in [-0.4, -0.2) is 56.3 Å². The van der Waals surface area contributed by atoms with Crippen LogP contribution in [0.3, 0.4) is 0 Å². The Balaban J connectivity index is 1.25. The van der Waals surface area contributed by atoms with Crippen LogP contribution in [-0.2, 0) is 14.8 Å². The average molecular weight is 471 g/mol. The van der Waals surface area contributed by atoms with Crippen LogP contribution in [0.25, 0.3) is 0 Å². The Bertz CT molecular complexity index is 1050. The van der Waals surface area contributed by atoms with Crippen molar-refractivity contribution in [1.29, 1.82) is 0 Å². The molecule has 0 spiro atoms. The number of benzene rings is 2. The number of nitrogens with zero attached hydrogens (tertiary/aromatic N) is 2. The topological polar surface area (TPSA) is 66.9 Å². The molecule has 2 aromatic rings. The van der Waals surface area contributed by atoms with Gasteiger partial charge in [-0.05, 0) is 80.8 Å². The number of carbonyl (C=O) groups is 1. The van der Waals surface area contributed by atoms with Crippen LogP contribution in [0.1, 0.15) is 36.8 Å². The molecule has 0 radical (unpaired) electrons. The molecule has 0 aromatic heterocycles. The summed E-state index contributed by atoms with van der Waals surface area (Å²) in [5.41, 5.74) is 2.05. The van der Waals surface area contributed by atoms with Gasteiger partial charge in [-0.2, -0.15) is 4.31 Å². The van der Waals surface area contributed by atoms with E-state index in [4.69, 9.17) is 4.74 Å². The van der Waals surface area contributed by atoms with Crippen LogP contribution in [0.5, 0.6) is 5.75 Å². The SMILES string of the molecule is Cc1ccc(S(=O)(=O)N2CCC(C(=O)N3CCC(COc4ccccc4)CC3)CC2)cc1C. The Morgan fingerprint density at radius 2 is 1.58 bits per heavy atom. The average Bonchev–Trinajstić information content (AvgIpc) is 2.85. The van der Waals surface area contributed by atoms with E-state index in [0.717, 1.165) is 42.8 Å². The third-order valence-electron chi connectivity index (χ3n) is 7.07. The minimum atomic E-state index is -3.52. The second kappa shape index (κ2) is 10.3. The fourth-order valence-electron chi connectivity index (χ4n) is 4.68. The molecular weight excluding hydrogens is 436 g/mol. The molecule has 2 saturated heterocycles. The van der Waals surface area contributed by atoms with Gasteiger partial charge in [-0.15, -0.1) is 0 Å². The largest absolute Gasteiger partial charge is 0.493 e. The fraction of sp³-hybridized carbons (Fsp3) is 0.500. The Morgan fingerprint density at radius 3 is 2.21 bits per heavy atom. The molecule has 2 heterocycles. The van der Waals surface area contributed by atoms with Gasteiger partial charge in [0, 0.05) is 32.1 Å². The predicted molar refractivity (Wildman–Crippen MR) is 129 cm³/mol. The number of rotatable bonds is 6. The normalized spacial score (nSPS) is 18.9. The van der Waals surface area contributed by atoms with E-state index in [2.05, 4.69) is 0 Å². The highest BCUT2D eigenvalue weighted by Gasteiger charge is 2.35. The zero-order chi connectivity index (χ0) is 23.4. The Labute approximate surface area is 197 Å². The summed E-state index contributed by atoms with van der Waals surface area (Å²) in [5, 5.41) is 0. The maximum atomic E-state index is 13.1. The smallest absolute Gasteiger partial charge is 0.243 e. The van der Waals surface area contributed by atoms with Gasteiger partial charge < -0.3 is 9.64 Å². The van der Waals surface area contributed by atoms with E-state index in [-0.39, 0.29) is 11.8 Å². The van der Waals surface area contributed by atoms with E-state index in [9.17, 15) is 13.2 Å². The number of amides is 1. The van der Waals surface area contributed by atoms with Gasteiger partial charge in [-0.3, -0.25) is 4.79 Å². The molecular formula is C26H34N2O4S. The van der Waals surface area contributed by atoms with Gasteiger partial charge in [0.2, 0.25) is 15.9 Å². The molecule has 4 rings (SSSR count). The lowest BCUT2D eigenvalue weighted by Gasteiger charge is -2.37. The number of likely N-dealkylation sites (tertiary alicyclic amines) is 1. The molecule has 0 bridgehead atoms. The Kier molecular flexibility index (Phi) is 7.39. The zero-order valence-electron chi connectivity index (χ0n) is 19.6. The van der Waals surface area contributed by atoms with Crippen molar-refractivity contribution in [2.75, 3.05) is 32.8 Å². The summed E-state index contributed by atoms with van der Waals surface area (Å²) >= 11 is 0. The summed E-state index contributed by atoms with van der Waals surface area (Å²) in [6, 6.07) is 15.1. The molecule has 0 saturated carbocycles. The van der Waals surface area contributed by atoms with Crippen LogP contribution in [0.4, 0.5) is 0 Å². The molecule has 178 valence electrons. The molecule has 2 aromatic carbocycles. The minimum Gasteiger partial charge on any atom is -0.493 e. The van der Waals surface area contributed by atoms with Crippen molar-refractivity contribution in [3.63, 3.8) is 0 Å². The van der Waals surface area contributed by atoms with Crippen molar-refractivity contribution in [3.8, 4) is 5.75 Å². The molecule has 33 heavy (non-hydrogen) atoms. The highest BCUT2D eigenvalue weighted by Crippen LogP contribution is 2.28. The van der Waals surface area contributed by atoms with Crippen LogP contribution < -0.4 is 4.74 Å². The Morgan fingerprint density at radius 1 is 0.909 bits per heavy atom. The summed E-state index contributed by atoms with van der Waals surface area (Å²) in [6.07, 6.45) is 3.05. The highest BCUT2D eigenvalue weighted by atomic mass is 32.2. The van der Waals surface area contributed by atoms with Gasteiger partial charge in [0.15, 0.2) is 0 Å². The lowest BCUT2D eigenvalue weighted by Crippen LogP contribution is -2.47. The van der Waals surface area contributed by atoms with Crippen LogP contribution in [0, 0.1) is 25.7 Å². The maximum Gasteiger partial charge on any atom is 0.243 e. The number of piperidine rings is 2. The first-order valence-corrected chi connectivity index (χ1v) is 13.3. The number of sulfonamides is 1. The number of aryl methyl sites for hydroxylation is 2. The molecule has 1 amide bonds. The van der Waals surface area contributed by atoms with Crippen molar-refractivity contribution in [2.24, 2.45) is 11.8 Å². The standard InChI is InChI=1S/C26H34N2O4S/c1-20-8-9-25(18-21(20)2)33(30,31)28-16-12-23(13-17-28)26(29)27-14-10-22(11-15-27)19-32-24-6-4-3-5-7-24/h3-9,18,22-23H,10-17,19H2,1-2H3. The first-order valence-electron chi connectivity index (χ1n) is 11.9. The van der Waals surface area contributed by atoms with Crippen molar-refractivity contribution >= 4 is 15.9 Å². The van der Waals surface area contributed by atoms with E-state index < -0.39 is 10.0 Å². The minimum absolute atomic E-state index is 0.0895. The van der Waals surface area contributed by atoms with Crippen molar-refractivity contribution in [3.05, 3.63) is 59.7 Å². The van der Waals surface area contributed by atoms with Gasteiger partial charge in [-0.25, -0.2) is 8.42 Å². The van der Waals surface area contributed by atoms with Crippen LogP contribution in [0.15, 0.2) is 53.4 Å². The van der Waals surface area contributed by atoms with E-state index in [1.165, 1.54) is 4.31 Å². The van der Waals surface area contributed by atoms with Crippen molar-refractivity contribution < 1.29 is 17.9 Å². The lowest BCUT2D eigenvalue weighted by molar-refractivity contribution is -0.138. The summed E-state index contributed by atoms with van der Waals surface area (Å²) in [5.74, 6) is 1.44. The van der Waals surface area contributed by atoms with Crippen molar-refractivity contribution in [2.45, 2.75) is 44.4 Å². The molecule has 7 heteroatoms. The van der Waals surface area contributed by atoms with Gasteiger partial charge in [0.05, 0.1) is 11.5 Å². The maximum absolute atomic E-state index is 13.1. The second-order valence-corrected chi connectivity index (χ2v) is 11.3. The number of hydrogen-bond acceptors (Lipinski definition) is 4. The van der Waals surface area contributed by atoms with Crippen LogP contribution >= 0.6 is 0 Å². The zero-order valence-corrected chi connectivity index (χ0v) is 20.4. The molecule has 0 atom stereocenters. The van der Waals surface area contributed by atoms with E-state index in [1.807, 2.05) is 55.1 Å². The molecule has 2 aliphatic heterocycles. The predicted octanol–water partition coefficient (Wildman–Crippen LogP) is 4.02. The second-order valence-electron chi connectivity index (χ2n) is 9.32.